The van der Waals surface area contributed by atoms with Crippen LogP contribution in [0.2, 0.25) is 0 Å². The summed E-state index contributed by atoms with van der Waals surface area (Å²) in [5.74, 6) is 0. The van der Waals surface area contributed by atoms with E-state index >= 15 is 0 Å². The van der Waals surface area contributed by atoms with Crippen LogP contribution in [0.4, 0.5) is 5.69 Å². The van der Waals surface area contributed by atoms with Gasteiger partial charge >= 0.3 is 5.69 Å². The number of aromatic nitrogens is 2. The maximum absolute atomic E-state index is 11.9. The van der Waals surface area contributed by atoms with Gasteiger partial charge in [0, 0.05) is 30.9 Å². The van der Waals surface area contributed by atoms with E-state index in [2.05, 4.69) is 0 Å². The van der Waals surface area contributed by atoms with Gasteiger partial charge in [-0.15, -0.1) is 0 Å². The summed E-state index contributed by atoms with van der Waals surface area (Å²) < 4.78 is 2.33. The Morgan fingerprint density at radius 3 is 2.60 bits per heavy atom. The molecule has 0 aliphatic heterocycles. The molecule has 1 aromatic heterocycles. The molecule has 0 radical (unpaired) electrons. The van der Waals surface area contributed by atoms with E-state index < -0.39 is 16.2 Å². The Labute approximate surface area is 113 Å². The fourth-order valence-electron chi connectivity index (χ4n) is 1.97. The molecule has 0 unspecified atom stereocenters. The van der Waals surface area contributed by atoms with Crippen LogP contribution in [-0.4, -0.2) is 14.1 Å². The highest BCUT2D eigenvalue weighted by atomic mass is 16.6. The number of nitro groups is 1. The van der Waals surface area contributed by atoms with Gasteiger partial charge in [0.15, 0.2) is 0 Å². The summed E-state index contributed by atoms with van der Waals surface area (Å²) in [6, 6.07) is 5.89. The van der Waals surface area contributed by atoms with Crippen LogP contribution in [0.1, 0.15) is 11.1 Å². The Kier molecular flexibility index (Phi) is 3.51. The normalized spacial score (nSPS) is 10.5. The molecule has 1 aromatic carbocycles. The van der Waals surface area contributed by atoms with Crippen molar-refractivity contribution in [2.24, 2.45) is 7.05 Å². The topological polar surface area (TPSA) is 87.1 Å². The van der Waals surface area contributed by atoms with E-state index in [0.29, 0.717) is 11.1 Å². The van der Waals surface area contributed by atoms with Crippen molar-refractivity contribution in [2.45, 2.75) is 13.5 Å². The summed E-state index contributed by atoms with van der Waals surface area (Å²) in [6.45, 7) is 1.62. The molecule has 0 aliphatic carbocycles. The van der Waals surface area contributed by atoms with E-state index in [-0.39, 0.29) is 12.2 Å². The highest BCUT2D eigenvalue weighted by molar-refractivity contribution is 5.44. The van der Waals surface area contributed by atoms with E-state index in [1.54, 1.807) is 26.1 Å². The lowest BCUT2D eigenvalue weighted by Gasteiger charge is -2.09. The lowest BCUT2D eigenvalue weighted by molar-refractivity contribution is -0.385. The van der Waals surface area contributed by atoms with Crippen LogP contribution >= 0.6 is 0 Å². The van der Waals surface area contributed by atoms with Gasteiger partial charge in [0.05, 0.1) is 11.5 Å². The molecule has 0 saturated heterocycles. The Bertz CT molecular complexity index is 789. The molecule has 0 N–H and O–H groups in total. The monoisotopic (exact) mass is 275 g/mol. The van der Waals surface area contributed by atoms with Crippen LogP contribution in [0.5, 0.6) is 0 Å². The fraction of sp³-hybridized carbons (Fsp3) is 0.231. The summed E-state index contributed by atoms with van der Waals surface area (Å²) in [6.07, 6.45) is 1.39. The Morgan fingerprint density at radius 2 is 1.95 bits per heavy atom. The van der Waals surface area contributed by atoms with Crippen molar-refractivity contribution in [2.75, 3.05) is 0 Å². The van der Waals surface area contributed by atoms with Crippen molar-refractivity contribution in [1.82, 2.24) is 9.13 Å². The zero-order chi connectivity index (χ0) is 14.9. The first-order valence-corrected chi connectivity index (χ1v) is 5.91. The van der Waals surface area contributed by atoms with Crippen molar-refractivity contribution >= 4 is 5.69 Å². The van der Waals surface area contributed by atoms with E-state index in [4.69, 9.17) is 0 Å². The highest BCUT2D eigenvalue weighted by Gasteiger charge is 2.14. The molecule has 7 nitrogen and oxygen atoms in total. The number of rotatable bonds is 3. The number of nitrogens with zero attached hydrogens (tertiary/aromatic N) is 3. The average Bonchev–Trinajstić information content (AvgIpc) is 2.40. The van der Waals surface area contributed by atoms with Crippen molar-refractivity contribution in [1.29, 1.82) is 0 Å². The van der Waals surface area contributed by atoms with Gasteiger partial charge in [-0.2, -0.15) is 0 Å². The number of nitro benzene ring substituents is 1. The zero-order valence-corrected chi connectivity index (χ0v) is 11.1. The molecule has 0 saturated carbocycles. The van der Waals surface area contributed by atoms with Crippen molar-refractivity contribution < 1.29 is 4.92 Å². The SMILES string of the molecule is Cc1c(Cn2c(=O)ccn(C)c2=O)cccc1[N+](=O)[O-]. The van der Waals surface area contributed by atoms with Gasteiger partial charge < -0.3 is 4.57 Å². The maximum Gasteiger partial charge on any atom is 0.331 e. The molecule has 7 heteroatoms. The minimum Gasteiger partial charge on any atom is -0.303 e. The largest absolute Gasteiger partial charge is 0.331 e. The lowest BCUT2D eigenvalue weighted by atomic mass is 10.1. The van der Waals surface area contributed by atoms with Gasteiger partial charge in [0.2, 0.25) is 0 Å². The summed E-state index contributed by atoms with van der Waals surface area (Å²) >= 11 is 0. The molecule has 2 rings (SSSR count). The predicted molar refractivity (Wildman–Crippen MR) is 72.9 cm³/mol. The molecule has 0 bridgehead atoms. The van der Waals surface area contributed by atoms with E-state index in [1.807, 2.05) is 0 Å². The molecule has 1 heterocycles. The van der Waals surface area contributed by atoms with E-state index in [9.17, 15) is 19.7 Å². The van der Waals surface area contributed by atoms with Gasteiger partial charge in [0.1, 0.15) is 0 Å². The standard InChI is InChI=1S/C13H13N3O4/c1-9-10(4-3-5-11(9)16(19)20)8-15-12(17)6-7-14(2)13(15)18/h3-7H,8H2,1-2H3. The van der Waals surface area contributed by atoms with Crippen LogP contribution in [0.15, 0.2) is 40.1 Å². The fourth-order valence-corrected chi connectivity index (χ4v) is 1.97. The first-order valence-electron chi connectivity index (χ1n) is 5.91. The predicted octanol–water partition coefficient (Wildman–Crippen LogP) is 0.812. The second kappa shape index (κ2) is 5.12. The molecule has 0 atom stereocenters. The second-order valence-corrected chi connectivity index (χ2v) is 4.45. The number of hydrogen-bond acceptors (Lipinski definition) is 4. The van der Waals surface area contributed by atoms with Crippen LogP contribution in [0.25, 0.3) is 0 Å². The lowest BCUT2D eigenvalue weighted by Crippen LogP contribution is -2.38. The smallest absolute Gasteiger partial charge is 0.303 e. The van der Waals surface area contributed by atoms with E-state index in [1.165, 1.54) is 22.9 Å². The quantitative estimate of drug-likeness (QED) is 0.612. The average molecular weight is 275 g/mol. The molecule has 0 spiro atoms. The third kappa shape index (κ3) is 2.37. The molecular formula is C13H13N3O4. The molecule has 0 fully saturated rings. The van der Waals surface area contributed by atoms with Crippen molar-refractivity contribution in [3.63, 3.8) is 0 Å². The van der Waals surface area contributed by atoms with E-state index in [0.717, 1.165) is 4.57 Å². The Balaban J connectivity index is 2.54. The van der Waals surface area contributed by atoms with Crippen molar-refractivity contribution in [3.8, 4) is 0 Å². The van der Waals surface area contributed by atoms with Gasteiger partial charge in [-0.05, 0) is 12.5 Å². The number of hydrogen-bond donors (Lipinski definition) is 0. The van der Waals surface area contributed by atoms with Crippen LogP contribution in [0, 0.1) is 17.0 Å². The molecule has 0 amide bonds. The summed E-state index contributed by atoms with van der Waals surface area (Å²) in [7, 11) is 1.54. The Hall–Kier alpha value is -2.70. The minimum absolute atomic E-state index is 0.0137. The number of aryl methyl sites for hydroxylation is 1. The van der Waals surface area contributed by atoms with Gasteiger partial charge in [-0.1, -0.05) is 12.1 Å². The first kappa shape index (κ1) is 13.7. The molecule has 0 aliphatic rings. The summed E-state index contributed by atoms with van der Waals surface area (Å²) in [5, 5.41) is 10.9. The van der Waals surface area contributed by atoms with Crippen molar-refractivity contribution in [3.05, 3.63) is 72.5 Å². The van der Waals surface area contributed by atoms with Crippen LogP contribution < -0.4 is 11.2 Å². The minimum atomic E-state index is -0.481. The second-order valence-electron chi connectivity index (χ2n) is 4.45. The third-order valence-electron chi connectivity index (χ3n) is 3.18. The summed E-state index contributed by atoms with van der Waals surface area (Å²) in [4.78, 5) is 34.1. The van der Waals surface area contributed by atoms with Gasteiger partial charge in [-0.25, -0.2) is 4.79 Å². The first-order chi connectivity index (χ1) is 9.41. The summed E-state index contributed by atoms with van der Waals surface area (Å²) in [5.41, 5.74) is 0.116. The molecule has 2 aromatic rings. The van der Waals surface area contributed by atoms with Crippen LogP contribution in [-0.2, 0) is 13.6 Å². The molecular weight excluding hydrogens is 262 g/mol. The third-order valence-corrected chi connectivity index (χ3v) is 3.18. The molecule has 104 valence electrons. The van der Waals surface area contributed by atoms with Gasteiger partial charge in [-0.3, -0.25) is 19.5 Å². The molecule has 20 heavy (non-hydrogen) atoms. The maximum atomic E-state index is 11.9. The van der Waals surface area contributed by atoms with Crippen LogP contribution in [0.3, 0.4) is 0 Å². The number of benzene rings is 1. The Morgan fingerprint density at radius 1 is 1.25 bits per heavy atom. The van der Waals surface area contributed by atoms with Gasteiger partial charge in [0.25, 0.3) is 11.2 Å². The zero-order valence-electron chi connectivity index (χ0n) is 11.1. The highest BCUT2D eigenvalue weighted by Crippen LogP contribution is 2.21.